The van der Waals surface area contributed by atoms with Crippen LogP contribution in [0.25, 0.3) is 5.65 Å². The smallest absolute Gasteiger partial charge is 0.449 e. The number of aryl methyl sites for hydroxylation is 1. The molecular weight excluding hydrogens is 222 g/mol. The number of rotatable bonds is 1. The molecule has 0 saturated carbocycles. The Balaban J connectivity index is 2.68. The van der Waals surface area contributed by atoms with E-state index >= 15 is 0 Å². The Morgan fingerprint density at radius 3 is 3.07 bits per heavy atom. The molecule has 2 aromatic heterocycles. The van der Waals surface area contributed by atoms with Gasteiger partial charge in [-0.3, -0.25) is 4.40 Å². The van der Waals surface area contributed by atoms with Crippen molar-refractivity contribution in [2.24, 2.45) is 0 Å². The van der Waals surface area contributed by atoms with Crippen molar-refractivity contribution in [3.63, 3.8) is 0 Å². The van der Waals surface area contributed by atoms with Gasteiger partial charge in [0, 0.05) is 12.4 Å². The fraction of sp³-hybridized carbons (Fsp3) is 0.125. The van der Waals surface area contributed by atoms with E-state index in [4.69, 9.17) is 16.7 Å². The van der Waals surface area contributed by atoms with Gasteiger partial charge in [0.25, 0.3) is 0 Å². The Labute approximate surface area is 89.1 Å². The zero-order valence-electron chi connectivity index (χ0n) is 7.64. The lowest BCUT2D eigenvalue weighted by Crippen LogP contribution is -2.06. The molecule has 0 unspecified atom stereocenters. The molecule has 0 spiro atoms. The van der Waals surface area contributed by atoms with Crippen molar-refractivity contribution >= 4 is 23.4 Å². The van der Waals surface area contributed by atoms with Crippen molar-refractivity contribution in [1.82, 2.24) is 14.4 Å². The van der Waals surface area contributed by atoms with Gasteiger partial charge in [-0.1, -0.05) is 11.6 Å². The minimum Gasteiger partial charge on any atom is -0.449 e. The second-order valence-corrected chi connectivity index (χ2v) is 3.14. The maximum Gasteiger partial charge on any atom is 0.512 e. The van der Waals surface area contributed by atoms with Crippen LogP contribution in [0.15, 0.2) is 12.4 Å². The fourth-order valence-electron chi connectivity index (χ4n) is 1.24. The fourth-order valence-corrected chi connectivity index (χ4v) is 1.43. The second-order valence-electron chi connectivity index (χ2n) is 2.78. The standard InChI is InChI=1S/C8H6ClN3O3/c1-4-7(15-8(13)14)12-3-2-10-5(9)6(12)11-4/h2-3H,1H3,(H,13,14). The van der Waals surface area contributed by atoms with Crippen molar-refractivity contribution in [2.75, 3.05) is 0 Å². The summed E-state index contributed by atoms with van der Waals surface area (Å²) >= 11 is 5.78. The highest BCUT2D eigenvalue weighted by Crippen LogP contribution is 2.23. The maximum atomic E-state index is 10.4. The van der Waals surface area contributed by atoms with E-state index in [2.05, 4.69) is 14.7 Å². The summed E-state index contributed by atoms with van der Waals surface area (Å²) in [7, 11) is 0. The number of ether oxygens (including phenoxy) is 1. The number of nitrogens with zero attached hydrogens (tertiary/aromatic N) is 3. The van der Waals surface area contributed by atoms with Gasteiger partial charge in [0.15, 0.2) is 10.8 Å². The minimum atomic E-state index is -1.40. The zero-order valence-corrected chi connectivity index (χ0v) is 8.39. The Morgan fingerprint density at radius 2 is 2.40 bits per heavy atom. The summed E-state index contributed by atoms with van der Waals surface area (Å²) in [6.07, 6.45) is 1.57. The van der Waals surface area contributed by atoms with Crippen molar-refractivity contribution in [1.29, 1.82) is 0 Å². The highest BCUT2D eigenvalue weighted by atomic mass is 35.5. The summed E-state index contributed by atoms with van der Waals surface area (Å²) in [6.45, 7) is 1.63. The van der Waals surface area contributed by atoms with Crippen LogP contribution < -0.4 is 4.74 Å². The molecule has 0 aliphatic rings. The molecule has 0 atom stereocenters. The quantitative estimate of drug-likeness (QED) is 0.751. The molecule has 0 aromatic carbocycles. The minimum absolute atomic E-state index is 0.127. The third-order valence-corrected chi connectivity index (χ3v) is 2.07. The highest BCUT2D eigenvalue weighted by Gasteiger charge is 2.15. The van der Waals surface area contributed by atoms with E-state index in [1.807, 2.05) is 0 Å². The van der Waals surface area contributed by atoms with Gasteiger partial charge in [-0.2, -0.15) is 0 Å². The molecule has 2 rings (SSSR count). The van der Waals surface area contributed by atoms with Crippen LogP contribution in [0.1, 0.15) is 5.69 Å². The number of fused-ring (bicyclic) bond motifs is 1. The highest BCUT2D eigenvalue weighted by molar-refractivity contribution is 6.32. The van der Waals surface area contributed by atoms with Gasteiger partial charge >= 0.3 is 6.16 Å². The Morgan fingerprint density at radius 1 is 1.67 bits per heavy atom. The molecule has 6 nitrogen and oxygen atoms in total. The van der Waals surface area contributed by atoms with E-state index in [-0.39, 0.29) is 11.0 Å². The molecule has 15 heavy (non-hydrogen) atoms. The normalized spacial score (nSPS) is 10.5. The lowest BCUT2D eigenvalue weighted by Gasteiger charge is -2.00. The van der Waals surface area contributed by atoms with E-state index in [0.29, 0.717) is 11.3 Å². The molecule has 0 bridgehead atoms. The SMILES string of the molecule is Cc1nc2c(Cl)nccn2c1OC(=O)O. The lowest BCUT2D eigenvalue weighted by molar-refractivity contribution is 0.142. The molecule has 2 aromatic rings. The summed E-state index contributed by atoms with van der Waals surface area (Å²) in [4.78, 5) is 18.3. The first-order valence-corrected chi connectivity index (χ1v) is 4.37. The van der Waals surface area contributed by atoms with Crippen LogP contribution in [0.3, 0.4) is 0 Å². The molecule has 0 saturated heterocycles. The monoisotopic (exact) mass is 227 g/mol. The third kappa shape index (κ3) is 1.59. The van der Waals surface area contributed by atoms with E-state index in [1.165, 1.54) is 16.8 Å². The van der Waals surface area contributed by atoms with Gasteiger partial charge in [0.1, 0.15) is 5.69 Å². The van der Waals surface area contributed by atoms with Crippen molar-refractivity contribution in [2.45, 2.75) is 6.92 Å². The van der Waals surface area contributed by atoms with Gasteiger partial charge < -0.3 is 9.84 Å². The first kappa shape index (κ1) is 9.72. The van der Waals surface area contributed by atoms with Crippen molar-refractivity contribution < 1.29 is 14.6 Å². The summed E-state index contributed by atoms with van der Waals surface area (Å²) in [6, 6.07) is 0. The predicted molar refractivity (Wildman–Crippen MR) is 51.4 cm³/mol. The number of aromatic nitrogens is 3. The third-order valence-electron chi connectivity index (χ3n) is 1.80. The molecule has 0 radical (unpaired) electrons. The van der Waals surface area contributed by atoms with Crippen LogP contribution >= 0.6 is 11.6 Å². The molecule has 7 heteroatoms. The van der Waals surface area contributed by atoms with Crippen LogP contribution in [0.5, 0.6) is 5.88 Å². The van der Waals surface area contributed by atoms with E-state index < -0.39 is 6.16 Å². The Bertz CT molecular complexity index is 537. The second kappa shape index (κ2) is 3.39. The molecule has 2 heterocycles. The number of hydrogen-bond donors (Lipinski definition) is 1. The molecule has 78 valence electrons. The van der Waals surface area contributed by atoms with Crippen LogP contribution in [0.2, 0.25) is 5.15 Å². The first-order valence-electron chi connectivity index (χ1n) is 3.99. The molecule has 1 N–H and O–H groups in total. The lowest BCUT2D eigenvalue weighted by atomic mass is 10.5. The van der Waals surface area contributed by atoms with Crippen LogP contribution in [0, 0.1) is 6.92 Å². The van der Waals surface area contributed by atoms with E-state index in [9.17, 15) is 4.79 Å². The molecular formula is C8H6ClN3O3. The van der Waals surface area contributed by atoms with Crippen LogP contribution in [0.4, 0.5) is 4.79 Å². The van der Waals surface area contributed by atoms with Crippen LogP contribution in [-0.2, 0) is 0 Å². The van der Waals surface area contributed by atoms with Crippen LogP contribution in [-0.4, -0.2) is 25.6 Å². The maximum absolute atomic E-state index is 10.4. The Hall–Kier alpha value is -1.82. The van der Waals surface area contributed by atoms with Gasteiger partial charge in [0.2, 0.25) is 5.88 Å². The van der Waals surface area contributed by atoms with E-state index in [0.717, 1.165) is 0 Å². The average molecular weight is 228 g/mol. The number of imidazole rings is 1. The number of carboxylic acid groups (broad SMARTS) is 1. The molecule has 0 aliphatic heterocycles. The average Bonchev–Trinajstić information content (AvgIpc) is 2.45. The summed E-state index contributed by atoms with van der Waals surface area (Å²) in [5.74, 6) is 0.127. The number of halogens is 1. The van der Waals surface area contributed by atoms with Gasteiger partial charge in [0.05, 0.1) is 0 Å². The summed E-state index contributed by atoms with van der Waals surface area (Å²) in [5.41, 5.74) is 0.806. The number of hydrogen-bond acceptors (Lipinski definition) is 4. The largest absolute Gasteiger partial charge is 0.512 e. The van der Waals surface area contributed by atoms with Gasteiger partial charge in [-0.15, -0.1) is 0 Å². The molecule has 0 aliphatic carbocycles. The first-order chi connectivity index (χ1) is 7.09. The van der Waals surface area contributed by atoms with Gasteiger partial charge in [-0.25, -0.2) is 14.8 Å². The zero-order chi connectivity index (χ0) is 11.0. The van der Waals surface area contributed by atoms with Gasteiger partial charge in [-0.05, 0) is 6.92 Å². The Kier molecular flexibility index (Phi) is 2.20. The summed E-state index contributed by atoms with van der Waals surface area (Å²) in [5, 5.41) is 8.72. The van der Waals surface area contributed by atoms with E-state index in [1.54, 1.807) is 6.92 Å². The van der Waals surface area contributed by atoms with Crippen molar-refractivity contribution in [3.8, 4) is 5.88 Å². The molecule has 0 fully saturated rings. The predicted octanol–water partition coefficient (Wildman–Crippen LogP) is 1.75. The summed E-state index contributed by atoms with van der Waals surface area (Å²) < 4.78 is 6.01. The topological polar surface area (TPSA) is 76.7 Å². The number of carbonyl (C=O) groups is 1. The van der Waals surface area contributed by atoms with Crippen molar-refractivity contribution in [3.05, 3.63) is 23.2 Å². The molecule has 0 amide bonds.